The van der Waals surface area contributed by atoms with Crippen LogP contribution in [0, 0.1) is 16.0 Å². The summed E-state index contributed by atoms with van der Waals surface area (Å²) in [6.07, 6.45) is 4.38. The monoisotopic (exact) mass is 347 g/mol. The van der Waals surface area contributed by atoms with E-state index in [1.807, 2.05) is 0 Å². The minimum absolute atomic E-state index is 0.0566. The fourth-order valence-corrected chi connectivity index (χ4v) is 3.68. The number of benzene rings is 1. The number of rotatable bonds is 4. The van der Waals surface area contributed by atoms with Crippen molar-refractivity contribution in [2.45, 2.75) is 38.6 Å². The quantitative estimate of drug-likeness (QED) is 0.669. The average Bonchev–Trinajstić information content (AvgIpc) is 2.63. The number of non-ortho nitro benzene ring substituents is 1. The third kappa shape index (κ3) is 4.10. The standard InChI is InChI=1S/C18H25N3O4/c1-13-4-2-3-5-16(13)19-18(22)15-12-14(21(23)24)6-7-17(15)20-8-10-25-11-9-20/h6-7,12-13,16H,2-5,8-11H2,1H3,(H,19,22)/t13-,16+/m1/s1. The number of nitro benzene ring substituents is 1. The molecule has 0 bridgehead atoms. The number of hydrogen-bond acceptors (Lipinski definition) is 5. The molecule has 2 atom stereocenters. The van der Waals surface area contributed by atoms with Gasteiger partial charge in [0.05, 0.1) is 29.4 Å². The van der Waals surface area contributed by atoms with Gasteiger partial charge in [-0.05, 0) is 24.8 Å². The number of carbonyl (C=O) groups is 1. The van der Waals surface area contributed by atoms with Crippen LogP contribution in [0.3, 0.4) is 0 Å². The number of amides is 1. The largest absolute Gasteiger partial charge is 0.378 e. The molecule has 0 aromatic heterocycles. The summed E-state index contributed by atoms with van der Waals surface area (Å²) >= 11 is 0. The van der Waals surface area contributed by atoms with Crippen molar-refractivity contribution in [1.29, 1.82) is 0 Å². The summed E-state index contributed by atoms with van der Waals surface area (Å²) in [6, 6.07) is 4.68. The molecule has 1 aliphatic carbocycles. The van der Waals surface area contributed by atoms with E-state index < -0.39 is 4.92 Å². The summed E-state index contributed by atoms with van der Waals surface area (Å²) in [5.41, 5.74) is 1.07. The van der Waals surface area contributed by atoms with E-state index in [1.54, 1.807) is 6.07 Å². The smallest absolute Gasteiger partial charge is 0.270 e. The van der Waals surface area contributed by atoms with Gasteiger partial charge in [-0.3, -0.25) is 14.9 Å². The second-order valence-electron chi connectivity index (χ2n) is 6.90. The second kappa shape index (κ2) is 7.82. The van der Waals surface area contributed by atoms with Gasteiger partial charge >= 0.3 is 0 Å². The Morgan fingerprint density at radius 3 is 2.68 bits per heavy atom. The highest BCUT2D eigenvalue weighted by atomic mass is 16.6. The predicted molar refractivity (Wildman–Crippen MR) is 95.0 cm³/mol. The van der Waals surface area contributed by atoms with Crippen molar-refractivity contribution < 1.29 is 14.5 Å². The summed E-state index contributed by atoms with van der Waals surface area (Å²) in [4.78, 5) is 25.7. The van der Waals surface area contributed by atoms with E-state index in [0.29, 0.717) is 37.8 Å². The maximum atomic E-state index is 12.9. The molecule has 0 spiro atoms. The van der Waals surface area contributed by atoms with Crippen LogP contribution in [0.4, 0.5) is 11.4 Å². The van der Waals surface area contributed by atoms with E-state index in [1.165, 1.54) is 18.6 Å². The normalized spacial score (nSPS) is 24.0. The lowest BCUT2D eigenvalue weighted by molar-refractivity contribution is -0.384. The van der Waals surface area contributed by atoms with Crippen LogP contribution in [-0.2, 0) is 4.74 Å². The molecule has 136 valence electrons. The van der Waals surface area contributed by atoms with Gasteiger partial charge in [-0.1, -0.05) is 19.8 Å². The molecule has 2 fully saturated rings. The van der Waals surface area contributed by atoms with Crippen molar-refractivity contribution in [3.05, 3.63) is 33.9 Å². The van der Waals surface area contributed by atoms with Crippen LogP contribution in [0.2, 0.25) is 0 Å². The predicted octanol–water partition coefficient (Wildman–Crippen LogP) is 2.74. The number of nitro groups is 1. The maximum Gasteiger partial charge on any atom is 0.270 e. The van der Waals surface area contributed by atoms with Crippen LogP contribution in [0.25, 0.3) is 0 Å². The molecule has 0 unspecified atom stereocenters. The Bertz CT molecular complexity index is 643. The van der Waals surface area contributed by atoms with Crippen LogP contribution in [0.15, 0.2) is 18.2 Å². The van der Waals surface area contributed by atoms with Crippen LogP contribution in [0.5, 0.6) is 0 Å². The Labute approximate surface area is 147 Å². The van der Waals surface area contributed by atoms with E-state index >= 15 is 0 Å². The number of morpholine rings is 1. The first-order valence-electron chi connectivity index (χ1n) is 8.98. The van der Waals surface area contributed by atoms with Crippen molar-refractivity contribution in [2.75, 3.05) is 31.2 Å². The highest BCUT2D eigenvalue weighted by molar-refractivity contribution is 6.00. The average molecular weight is 347 g/mol. The minimum Gasteiger partial charge on any atom is -0.378 e. The number of carbonyl (C=O) groups excluding carboxylic acids is 1. The molecule has 2 aliphatic rings. The van der Waals surface area contributed by atoms with Crippen molar-refractivity contribution in [2.24, 2.45) is 5.92 Å². The van der Waals surface area contributed by atoms with E-state index in [9.17, 15) is 14.9 Å². The number of hydrogen-bond donors (Lipinski definition) is 1. The van der Waals surface area contributed by atoms with Gasteiger partial charge < -0.3 is 15.0 Å². The van der Waals surface area contributed by atoms with Crippen LogP contribution in [-0.4, -0.2) is 43.2 Å². The third-order valence-electron chi connectivity index (χ3n) is 5.22. The SMILES string of the molecule is C[C@@H]1CCCC[C@@H]1NC(=O)c1cc([N+](=O)[O-])ccc1N1CCOCC1. The fourth-order valence-electron chi connectivity index (χ4n) is 3.68. The molecule has 1 N–H and O–H groups in total. The lowest BCUT2D eigenvalue weighted by Gasteiger charge is -2.32. The van der Waals surface area contributed by atoms with Gasteiger partial charge in [-0.25, -0.2) is 0 Å². The molecule has 0 radical (unpaired) electrons. The summed E-state index contributed by atoms with van der Waals surface area (Å²) in [5.74, 6) is 0.215. The Hall–Kier alpha value is -2.15. The van der Waals surface area contributed by atoms with Gasteiger partial charge in [0.1, 0.15) is 0 Å². The van der Waals surface area contributed by atoms with Crippen LogP contribution >= 0.6 is 0 Å². The topological polar surface area (TPSA) is 84.7 Å². The van der Waals surface area contributed by atoms with Gasteiger partial charge in [0.25, 0.3) is 11.6 Å². The number of nitrogens with zero attached hydrogens (tertiary/aromatic N) is 2. The molecule has 1 heterocycles. The third-order valence-corrected chi connectivity index (χ3v) is 5.22. The summed E-state index contributed by atoms with van der Waals surface area (Å²) in [5, 5.41) is 14.3. The Balaban J connectivity index is 1.86. The van der Waals surface area contributed by atoms with E-state index in [4.69, 9.17) is 4.74 Å². The number of ether oxygens (including phenoxy) is 1. The first kappa shape index (κ1) is 17.7. The van der Waals surface area contributed by atoms with Crippen molar-refractivity contribution >= 4 is 17.3 Å². The molecule has 1 aliphatic heterocycles. The van der Waals surface area contributed by atoms with Crippen LogP contribution in [0.1, 0.15) is 43.0 Å². The number of anilines is 1. The van der Waals surface area contributed by atoms with Crippen molar-refractivity contribution in [3.8, 4) is 0 Å². The molecule has 1 saturated heterocycles. The summed E-state index contributed by atoms with van der Waals surface area (Å²) < 4.78 is 5.37. The molecule has 25 heavy (non-hydrogen) atoms. The molecule has 1 aromatic carbocycles. The maximum absolute atomic E-state index is 12.9. The fraction of sp³-hybridized carbons (Fsp3) is 0.611. The molecule has 3 rings (SSSR count). The Morgan fingerprint density at radius 2 is 2.00 bits per heavy atom. The first-order valence-corrected chi connectivity index (χ1v) is 8.98. The number of nitrogens with one attached hydrogen (secondary N) is 1. The molecular formula is C18H25N3O4. The molecule has 7 nitrogen and oxygen atoms in total. The summed E-state index contributed by atoms with van der Waals surface area (Å²) in [7, 11) is 0. The molecule has 7 heteroatoms. The molecule has 1 aromatic rings. The zero-order valence-electron chi connectivity index (χ0n) is 14.6. The van der Waals surface area contributed by atoms with E-state index in [0.717, 1.165) is 24.9 Å². The summed E-state index contributed by atoms with van der Waals surface area (Å²) in [6.45, 7) is 4.70. The minimum atomic E-state index is -0.455. The molecule has 1 amide bonds. The zero-order chi connectivity index (χ0) is 17.8. The van der Waals surface area contributed by atoms with Gasteiger partial charge in [0.2, 0.25) is 0 Å². The van der Waals surface area contributed by atoms with Gasteiger partial charge in [-0.2, -0.15) is 0 Å². The van der Waals surface area contributed by atoms with E-state index in [-0.39, 0.29) is 17.6 Å². The highest BCUT2D eigenvalue weighted by Gasteiger charge is 2.27. The molecule has 1 saturated carbocycles. The lowest BCUT2D eigenvalue weighted by Crippen LogP contribution is -2.42. The van der Waals surface area contributed by atoms with Crippen LogP contribution < -0.4 is 10.2 Å². The van der Waals surface area contributed by atoms with Crippen molar-refractivity contribution in [1.82, 2.24) is 5.32 Å². The van der Waals surface area contributed by atoms with Gasteiger partial charge in [0, 0.05) is 31.3 Å². The molecular weight excluding hydrogens is 322 g/mol. The second-order valence-corrected chi connectivity index (χ2v) is 6.90. The lowest BCUT2D eigenvalue weighted by atomic mass is 9.86. The Kier molecular flexibility index (Phi) is 5.53. The van der Waals surface area contributed by atoms with E-state index in [2.05, 4.69) is 17.1 Å². The first-order chi connectivity index (χ1) is 12.1. The zero-order valence-corrected chi connectivity index (χ0v) is 14.6. The Morgan fingerprint density at radius 1 is 1.28 bits per heavy atom. The van der Waals surface area contributed by atoms with Crippen molar-refractivity contribution in [3.63, 3.8) is 0 Å². The highest BCUT2D eigenvalue weighted by Crippen LogP contribution is 2.28. The van der Waals surface area contributed by atoms with Gasteiger partial charge in [-0.15, -0.1) is 0 Å². The van der Waals surface area contributed by atoms with Gasteiger partial charge in [0.15, 0.2) is 0 Å².